The maximum absolute atomic E-state index is 12.8. The number of benzene rings is 1. The van der Waals surface area contributed by atoms with Gasteiger partial charge in [-0.1, -0.05) is 12.1 Å². The largest absolute Gasteiger partial charge is 0.356 e. The second kappa shape index (κ2) is 7.98. The van der Waals surface area contributed by atoms with Gasteiger partial charge in [-0.3, -0.25) is 4.99 Å². The van der Waals surface area contributed by atoms with E-state index >= 15 is 0 Å². The molecule has 0 aromatic heterocycles. The second-order valence-corrected chi connectivity index (χ2v) is 5.94. The first-order valence-corrected chi connectivity index (χ1v) is 7.21. The summed E-state index contributed by atoms with van der Waals surface area (Å²) >= 11 is 0. The summed E-state index contributed by atoms with van der Waals surface area (Å²) in [4.78, 5) is 6.38. The minimum absolute atomic E-state index is 0.0502. The molecule has 1 aromatic carbocycles. The van der Waals surface area contributed by atoms with Crippen molar-refractivity contribution in [3.05, 3.63) is 35.6 Å². The third-order valence-electron chi connectivity index (χ3n) is 3.74. The van der Waals surface area contributed by atoms with Gasteiger partial charge >= 0.3 is 0 Å². The number of rotatable bonds is 6. The lowest BCUT2D eigenvalue weighted by atomic mass is 10.0. The molecule has 0 fully saturated rings. The lowest BCUT2D eigenvalue weighted by Crippen LogP contribution is -2.51. The van der Waals surface area contributed by atoms with Gasteiger partial charge in [-0.25, -0.2) is 4.39 Å². The van der Waals surface area contributed by atoms with Crippen LogP contribution in [0.1, 0.15) is 19.4 Å². The van der Waals surface area contributed by atoms with E-state index in [2.05, 4.69) is 48.5 Å². The molecule has 0 amide bonds. The molecule has 0 bridgehead atoms. The third-order valence-corrected chi connectivity index (χ3v) is 3.74. The number of aliphatic imine (C=N–C) groups is 1. The number of halogens is 1. The molecule has 21 heavy (non-hydrogen) atoms. The zero-order valence-corrected chi connectivity index (χ0v) is 13.7. The van der Waals surface area contributed by atoms with E-state index in [1.807, 2.05) is 12.1 Å². The Labute approximate surface area is 127 Å². The molecule has 0 saturated carbocycles. The van der Waals surface area contributed by atoms with Gasteiger partial charge in [-0.05, 0) is 52.1 Å². The molecule has 4 nitrogen and oxygen atoms in total. The average molecular weight is 294 g/mol. The molecule has 5 heteroatoms. The SMILES string of the molecule is CN=C(NCCc1ccc(F)cc1)NCC(C)(C)N(C)C. The summed E-state index contributed by atoms with van der Waals surface area (Å²) in [6, 6.07) is 6.59. The van der Waals surface area contributed by atoms with Crippen LogP contribution in [-0.4, -0.2) is 50.6 Å². The first-order chi connectivity index (χ1) is 9.85. The number of nitrogens with one attached hydrogen (secondary N) is 2. The van der Waals surface area contributed by atoms with E-state index in [9.17, 15) is 4.39 Å². The molecule has 0 aliphatic carbocycles. The smallest absolute Gasteiger partial charge is 0.191 e. The molecule has 0 saturated heterocycles. The molecule has 1 rings (SSSR count). The Morgan fingerprint density at radius 2 is 1.81 bits per heavy atom. The molecule has 0 aliphatic heterocycles. The summed E-state index contributed by atoms with van der Waals surface area (Å²) in [5.74, 6) is 0.585. The van der Waals surface area contributed by atoms with Crippen LogP contribution in [0.3, 0.4) is 0 Å². The Balaban J connectivity index is 2.37. The van der Waals surface area contributed by atoms with Crippen molar-refractivity contribution in [3.63, 3.8) is 0 Å². The van der Waals surface area contributed by atoms with Gasteiger partial charge in [-0.2, -0.15) is 0 Å². The quantitative estimate of drug-likeness (QED) is 0.621. The summed E-state index contributed by atoms with van der Waals surface area (Å²) in [6.07, 6.45) is 0.831. The zero-order valence-electron chi connectivity index (χ0n) is 13.7. The monoisotopic (exact) mass is 294 g/mol. The first kappa shape index (κ1) is 17.4. The summed E-state index contributed by atoms with van der Waals surface area (Å²) in [6.45, 7) is 5.90. The van der Waals surface area contributed by atoms with Crippen molar-refractivity contribution in [2.45, 2.75) is 25.8 Å². The highest BCUT2D eigenvalue weighted by atomic mass is 19.1. The van der Waals surface area contributed by atoms with Gasteiger partial charge in [0.2, 0.25) is 0 Å². The van der Waals surface area contributed by atoms with Crippen LogP contribution in [0.2, 0.25) is 0 Å². The van der Waals surface area contributed by atoms with Gasteiger partial charge in [0, 0.05) is 25.7 Å². The average Bonchev–Trinajstić information content (AvgIpc) is 2.44. The number of guanidine groups is 1. The van der Waals surface area contributed by atoms with E-state index in [1.54, 1.807) is 7.05 Å². The molecular weight excluding hydrogens is 267 g/mol. The third kappa shape index (κ3) is 6.12. The lowest BCUT2D eigenvalue weighted by Gasteiger charge is -2.33. The van der Waals surface area contributed by atoms with Gasteiger partial charge in [0.1, 0.15) is 5.82 Å². The van der Waals surface area contributed by atoms with Crippen molar-refractivity contribution in [3.8, 4) is 0 Å². The normalized spacial score (nSPS) is 12.6. The van der Waals surface area contributed by atoms with E-state index in [-0.39, 0.29) is 11.4 Å². The highest BCUT2D eigenvalue weighted by Crippen LogP contribution is 2.07. The molecular formula is C16H27FN4. The topological polar surface area (TPSA) is 39.7 Å². The van der Waals surface area contributed by atoms with Gasteiger partial charge in [0.25, 0.3) is 0 Å². The molecule has 0 atom stereocenters. The van der Waals surface area contributed by atoms with Gasteiger partial charge in [0.15, 0.2) is 5.96 Å². The minimum atomic E-state index is -0.199. The molecule has 118 valence electrons. The van der Waals surface area contributed by atoms with E-state index < -0.39 is 0 Å². The maximum atomic E-state index is 12.8. The van der Waals surface area contributed by atoms with Crippen LogP contribution in [0, 0.1) is 5.82 Å². The Hall–Kier alpha value is -1.62. The molecule has 0 unspecified atom stereocenters. The summed E-state index contributed by atoms with van der Waals surface area (Å²) in [5.41, 5.74) is 1.15. The van der Waals surface area contributed by atoms with Gasteiger partial charge in [0.05, 0.1) is 0 Å². The van der Waals surface area contributed by atoms with Crippen molar-refractivity contribution < 1.29 is 4.39 Å². The van der Waals surface area contributed by atoms with Crippen molar-refractivity contribution in [1.29, 1.82) is 0 Å². The lowest BCUT2D eigenvalue weighted by molar-refractivity contribution is 0.197. The van der Waals surface area contributed by atoms with E-state index in [4.69, 9.17) is 0 Å². The minimum Gasteiger partial charge on any atom is -0.356 e. The first-order valence-electron chi connectivity index (χ1n) is 7.21. The maximum Gasteiger partial charge on any atom is 0.191 e. The van der Waals surface area contributed by atoms with Gasteiger partial charge in [-0.15, -0.1) is 0 Å². The van der Waals surface area contributed by atoms with Gasteiger partial charge < -0.3 is 15.5 Å². The summed E-state index contributed by atoms with van der Waals surface area (Å²) in [5, 5.41) is 6.59. The van der Waals surface area contributed by atoms with Crippen molar-refractivity contribution in [2.24, 2.45) is 4.99 Å². The molecule has 0 spiro atoms. The highest BCUT2D eigenvalue weighted by molar-refractivity contribution is 5.79. The number of hydrogen-bond donors (Lipinski definition) is 2. The van der Waals surface area contributed by atoms with Crippen LogP contribution in [0.4, 0.5) is 4.39 Å². The highest BCUT2D eigenvalue weighted by Gasteiger charge is 2.20. The van der Waals surface area contributed by atoms with E-state index in [1.165, 1.54) is 12.1 Å². The number of likely N-dealkylation sites (N-methyl/N-ethyl adjacent to an activating group) is 1. The molecule has 0 aliphatic rings. The Kier molecular flexibility index (Phi) is 6.62. The van der Waals surface area contributed by atoms with Crippen molar-refractivity contribution in [2.75, 3.05) is 34.2 Å². The molecule has 0 radical (unpaired) electrons. The zero-order chi connectivity index (χ0) is 15.9. The number of hydrogen-bond acceptors (Lipinski definition) is 2. The van der Waals surface area contributed by atoms with Crippen LogP contribution in [-0.2, 0) is 6.42 Å². The molecule has 2 N–H and O–H groups in total. The fourth-order valence-electron chi connectivity index (χ4n) is 1.66. The summed E-state index contributed by atoms with van der Waals surface area (Å²) < 4.78 is 12.8. The van der Waals surface area contributed by atoms with Crippen LogP contribution in [0.15, 0.2) is 29.3 Å². The van der Waals surface area contributed by atoms with Crippen LogP contribution in [0.5, 0.6) is 0 Å². The van der Waals surface area contributed by atoms with E-state index in [0.29, 0.717) is 0 Å². The molecule has 1 aromatic rings. The standard InChI is InChI=1S/C16H27FN4/c1-16(2,21(4)5)12-20-15(18-3)19-11-10-13-6-8-14(17)9-7-13/h6-9H,10-12H2,1-5H3,(H2,18,19,20). The predicted molar refractivity (Wildman–Crippen MR) is 87.2 cm³/mol. The van der Waals surface area contributed by atoms with Crippen LogP contribution in [0.25, 0.3) is 0 Å². The number of nitrogens with zero attached hydrogens (tertiary/aromatic N) is 2. The fourth-order valence-corrected chi connectivity index (χ4v) is 1.66. The summed E-state index contributed by atoms with van der Waals surface area (Å²) in [7, 11) is 5.88. The van der Waals surface area contributed by atoms with Crippen molar-refractivity contribution in [1.82, 2.24) is 15.5 Å². The Morgan fingerprint density at radius 1 is 1.19 bits per heavy atom. The van der Waals surface area contributed by atoms with Crippen molar-refractivity contribution >= 4 is 5.96 Å². The predicted octanol–water partition coefficient (Wildman–Crippen LogP) is 1.87. The second-order valence-electron chi connectivity index (χ2n) is 5.94. The Bertz CT molecular complexity index is 452. The van der Waals surface area contributed by atoms with Crippen LogP contribution >= 0.6 is 0 Å². The van der Waals surface area contributed by atoms with Crippen LogP contribution < -0.4 is 10.6 Å². The Morgan fingerprint density at radius 3 is 2.33 bits per heavy atom. The van der Waals surface area contributed by atoms with E-state index in [0.717, 1.165) is 31.0 Å². The molecule has 0 heterocycles. The fraction of sp³-hybridized carbons (Fsp3) is 0.562.